The summed E-state index contributed by atoms with van der Waals surface area (Å²) in [5, 5.41) is 4.74. The molecule has 0 saturated carbocycles. The molecule has 0 fully saturated rings. The summed E-state index contributed by atoms with van der Waals surface area (Å²) in [7, 11) is 0. The summed E-state index contributed by atoms with van der Waals surface area (Å²) in [5.41, 5.74) is -0.0291. The smallest absolute Gasteiger partial charge is 0.274 e. The molecule has 0 atom stereocenters. The summed E-state index contributed by atoms with van der Waals surface area (Å²) in [4.78, 5) is 28.3. The van der Waals surface area contributed by atoms with Gasteiger partial charge >= 0.3 is 0 Å². The van der Waals surface area contributed by atoms with Gasteiger partial charge in [0.15, 0.2) is 11.6 Å². The van der Waals surface area contributed by atoms with Gasteiger partial charge in [0.25, 0.3) is 11.8 Å². The summed E-state index contributed by atoms with van der Waals surface area (Å²) < 4.78 is 39.8. The predicted octanol–water partition coefficient (Wildman–Crippen LogP) is 4.00. The Labute approximate surface area is 151 Å². The average molecular weight is 371 g/mol. The highest BCUT2D eigenvalue weighted by atomic mass is 19.2. The molecule has 0 saturated heterocycles. The van der Waals surface area contributed by atoms with Crippen molar-refractivity contribution in [3.8, 4) is 0 Å². The average Bonchev–Trinajstić information content (AvgIpc) is 2.66. The van der Waals surface area contributed by atoms with Crippen molar-refractivity contribution in [2.24, 2.45) is 0 Å². The van der Waals surface area contributed by atoms with Crippen LogP contribution in [-0.2, 0) is 0 Å². The molecule has 1 heterocycles. The largest absolute Gasteiger partial charge is 0.321 e. The van der Waals surface area contributed by atoms with E-state index in [0.717, 1.165) is 12.1 Å². The number of benzene rings is 2. The van der Waals surface area contributed by atoms with Crippen LogP contribution < -0.4 is 10.6 Å². The van der Waals surface area contributed by atoms with Gasteiger partial charge in [-0.05, 0) is 36.4 Å². The number of amides is 2. The number of rotatable bonds is 4. The van der Waals surface area contributed by atoms with Gasteiger partial charge in [0, 0.05) is 23.5 Å². The van der Waals surface area contributed by atoms with E-state index in [-0.39, 0.29) is 22.6 Å². The minimum Gasteiger partial charge on any atom is -0.321 e. The lowest BCUT2D eigenvalue weighted by Crippen LogP contribution is -2.17. The number of hydrogen-bond acceptors (Lipinski definition) is 3. The number of para-hydroxylation sites is 1. The second kappa shape index (κ2) is 7.69. The highest BCUT2D eigenvalue weighted by molar-refractivity contribution is 6.07. The Bertz CT molecular complexity index is 1020. The molecule has 2 N–H and O–H groups in total. The SMILES string of the molecule is O=C(Nc1ccccc1F)c1ccnc(C(=O)Nc2ccc(F)c(F)c2)c1. The molecule has 0 aliphatic heterocycles. The fourth-order valence-corrected chi connectivity index (χ4v) is 2.22. The van der Waals surface area contributed by atoms with Crippen LogP contribution in [0.25, 0.3) is 0 Å². The number of halogens is 3. The van der Waals surface area contributed by atoms with E-state index in [1.165, 1.54) is 42.6 Å². The Morgan fingerprint density at radius 3 is 2.30 bits per heavy atom. The minimum atomic E-state index is -1.11. The maximum absolute atomic E-state index is 13.6. The number of carbonyl (C=O) groups is 2. The Morgan fingerprint density at radius 2 is 1.56 bits per heavy atom. The first-order valence-electron chi connectivity index (χ1n) is 7.72. The number of pyridine rings is 1. The van der Waals surface area contributed by atoms with Crippen molar-refractivity contribution >= 4 is 23.2 Å². The van der Waals surface area contributed by atoms with E-state index in [1.54, 1.807) is 6.07 Å². The van der Waals surface area contributed by atoms with Crippen LogP contribution in [0.15, 0.2) is 60.8 Å². The van der Waals surface area contributed by atoms with E-state index in [4.69, 9.17) is 0 Å². The van der Waals surface area contributed by atoms with Crippen molar-refractivity contribution in [2.45, 2.75) is 0 Å². The Morgan fingerprint density at radius 1 is 0.778 bits per heavy atom. The van der Waals surface area contributed by atoms with Crippen LogP contribution in [0.2, 0.25) is 0 Å². The van der Waals surface area contributed by atoms with Crippen LogP contribution in [0.3, 0.4) is 0 Å². The van der Waals surface area contributed by atoms with E-state index in [0.29, 0.717) is 0 Å². The summed E-state index contributed by atoms with van der Waals surface area (Å²) in [5.74, 6) is -4.11. The molecule has 0 aliphatic rings. The number of anilines is 2. The van der Waals surface area contributed by atoms with Crippen LogP contribution in [0.5, 0.6) is 0 Å². The summed E-state index contributed by atoms with van der Waals surface area (Å²) in [6.45, 7) is 0. The van der Waals surface area contributed by atoms with Crippen LogP contribution in [0.4, 0.5) is 24.5 Å². The lowest BCUT2D eigenvalue weighted by molar-refractivity contribution is 0.102. The van der Waals surface area contributed by atoms with Crippen LogP contribution in [0.1, 0.15) is 20.8 Å². The van der Waals surface area contributed by atoms with Gasteiger partial charge in [0.2, 0.25) is 0 Å². The fraction of sp³-hybridized carbons (Fsp3) is 0. The molecule has 27 heavy (non-hydrogen) atoms. The number of nitrogens with one attached hydrogen (secondary N) is 2. The van der Waals surface area contributed by atoms with Gasteiger partial charge in [0.1, 0.15) is 11.5 Å². The third-order valence-electron chi connectivity index (χ3n) is 3.55. The molecule has 0 bridgehead atoms. The number of aromatic nitrogens is 1. The second-order valence-electron chi connectivity index (χ2n) is 5.45. The summed E-state index contributed by atoms with van der Waals surface area (Å²) in [6.07, 6.45) is 1.23. The second-order valence-corrected chi connectivity index (χ2v) is 5.45. The molecule has 2 amide bonds. The van der Waals surface area contributed by atoms with Crippen molar-refractivity contribution in [3.05, 3.63) is 89.5 Å². The van der Waals surface area contributed by atoms with Gasteiger partial charge in [-0.25, -0.2) is 13.2 Å². The zero-order valence-corrected chi connectivity index (χ0v) is 13.7. The van der Waals surface area contributed by atoms with Crippen molar-refractivity contribution in [1.82, 2.24) is 4.98 Å². The summed E-state index contributed by atoms with van der Waals surface area (Å²) >= 11 is 0. The van der Waals surface area contributed by atoms with Gasteiger partial charge in [-0.1, -0.05) is 12.1 Å². The quantitative estimate of drug-likeness (QED) is 0.728. The first-order chi connectivity index (χ1) is 12.9. The van der Waals surface area contributed by atoms with Gasteiger partial charge in [-0.3, -0.25) is 14.6 Å². The monoisotopic (exact) mass is 371 g/mol. The van der Waals surface area contributed by atoms with E-state index < -0.39 is 29.3 Å². The lowest BCUT2D eigenvalue weighted by atomic mass is 10.2. The molecule has 3 aromatic rings. The fourth-order valence-electron chi connectivity index (χ4n) is 2.22. The molecular formula is C19H12F3N3O2. The molecule has 136 valence electrons. The molecule has 2 aromatic carbocycles. The van der Waals surface area contributed by atoms with Crippen LogP contribution >= 0.6 is 0 Å². The van der Waals surface area contributed by atoms with E-state index >= 15 is 0 Å². The lowest BCUT2D eigenvalue weighted by Gasteiger charge is -2.08. The maximum Gasteiger partial charge on any atom is 0.274 e. The summed E-state index contributed by atoms with van der Waals surface area (Å²) in [6, 6.07) is 11.1. The maximum atomic E-state index is 13.6. The van der Waals surface area contributed by atoms with Crippen LogP contribution in [-0.4, -0.2) is 16.8 Å². The van der Waals surface area contributed by atoms with Crippen molar-refractivity contribution in [3.63, 3.8) is 0 Å². The minimum absolute atomic E-state index is 0.00731. The number of hydrogen-bond donors (Lipinski definition) is 2. The number of nitrogens with zero attached hydrogens (tertiary/aromatic N) is 1. The van der Waals surface area contributed by atoms with Crippen molar-refractivity contribution < 1.29 is 22.8 Å². The molecule has 5 nitrogen and oxygen atoms in total. The van der Waals surface area contributed by atoms with Gasteiger partial charge in [0.05, 0.1) is 5.69 Å². The molecular weight excluding hydrogens is 359 g/mol. The third-order valence-corrected chi connectivity index (χ3v) is 3.55. The van der Waals surface area contributed by atoms with Crippen molar-refractivity contribution in [2.75, 3.05) is 10.6 Å². The molecule has 0 unspecified atom stereocenters. The van der Waals surface area contributed by atoms with E-state index in [1.807, 2.05) is 0 Å². The first-order valence-corrected chi connectivity index (χ1v) is 7.72. The highest BCUT2D eigenvalue weighted by Gasteiger charge is 2.14. The molecule has 8 heteroatoms. The number of carbonyl (C=O) groups excluding carboxylic acids is 2. The molecule has 3 rings (SSSR count). The predicted molar refractivity (Wildman–Crippen MR) is 92.9 cm³/mol. The third kappa shape index (κ3) is 4.30. The zero-order chi connectivity index (χ0) is 19.4. The Hall–Kier alpha value is -3.68. The highest BCUT2D eigenvalue weighted by Crippen LogP contribution is 2.16. The van der Waals surface area contributed by atoms with Gasteiger partial charge < -0.3 is 10.6 Å². The molecule has 0 aliphatic carbocycles. The van der Waals surface area contributed by atoms with Crippen LogP contribution in [0, 0.1) is 17.5 Å². The van der Waals surface area contributed by atoms with Crippen molar-refractivity contribution in [1.29, 1.82) is 0 Å². The topological polar surface area (TPSA) is 71.1 Å². The Balaban J connectivity index is 1.76. The van der Waals surface area contributed by atoms with Gasteiger partial charge in [-0.15, -0.1) is 0 Å². The zero-order valence-electron chi connectivity index (χ0n) is 13.7. The van der Waals surface area contributed by atoms with Gasteiger partial charge in [-0.2, -0.15) is 0 Å². The molecule has 0 radical (unpaired) electrons. The first kappa shape index (κ1) is 18.1. The normalized spacial score (nSPS) is 10.3. The molecule has 1 aromatic heterocycles. The Kier molecular flexibility index (Phi) is 5.16. The van der Waals surface area contributed by atoms with E-state index in [9.17, 15) is 22.8 Å². The molecule has 0 spiro atoms. The standard InChI is InChI=1S/C19H12F3N3O2/c20-13-6-5-12(10-15(13)22)24-19(27)17-9-11(7-8-23-17)18(26)25-16-4-2-1-3-14(16)21/h1-10H,(H,24,27)(H,25,26). The van der Waals surface area contributed by atoms with E-state index in [2.05, 4.69) is 15.6 Å².